The lowest BCUT2D eigenvalue weighted by molar-refractivity contribution is -0.0503. The molecule has 4 aliphatic carbocycles. The van der Waals surface area contributed by atoms with Gasteiger partial charge >= 0.3 is 0 Å². The van der Waals surface area contributed by atoms with E-state index in [1.165, 1.54) is 50.7 Å². The first kappa shape index (κ1) is 17.5. The topological polar surface area (TPSA) is 89.3 Å². The van der Waals surface area contributed by atoms with Crippen molar-refractivity contribution in [3.63, 3.8) is 0 Å². The highest BCUT2D eigenvalue weighted by Crippen LogP contribution is 2.59. The largest absolute Gasteiger partial charge is 0.351 e. The van der Waals surface area contributed by atoms with E-state index in [2.05, 4.69) is 21.2 Å². The Morgan fingerprint density at radius 2 is 1.72 bits per heavy atom. The summed E-state index contributed by atoms with van der Waals surface area (Å²) in [5.41, 5.74) is 0.560. The Hall–Kier alpha value is -0.920. The van der Waals surface area contributed by atoms with E-state index in [0.717, 1.165) is 17.8 Å². The van der Waals surface area contributed by atoms with Crippen molar-refractivity contribution in [3.05, 3.63) is 28.2 Å². The number of rotatable bonds is 4. The fourth-order valence-electron chi connectivity index (χ4n) is 5.72. The molecule has 0 unspecified atom stereocenters. The SMILES string of the molecule is NS(=O)(=O)c1ccc(Br)c(C(=O)NCC23CC4CC(CC(C4)C2)C3)c1. The van der Waals surface area contributed by atoms with Crippen LogP contribution >= 0.6 is 15.9 Å². The third-order valence-corrected chi connectivity index (χ3v) is 7.90. The van der Waals surface area contributed by atoms with Crippen molar-refractivity contribution >= 4 is 31.9 Å². The second kappa shape index (κ2) is 6.06. The van der Waals surface area contributed by atoms with E-state index in [-0.39, 0.29) is 16.2 Å². The fourth-order valence-corrected chi connectivity index (χ4v) is 6.69. The highest BCUT2D eigenvalue weighted by Gasteiger charge is 2.50. The second-order valence-electron chi connectivity index (χ2n) is 8.29. The Bertz CT molecular complexity index is 786. The molecule has 0 atom stereocenters. The molecule has 1 aromatic rings. The Labute approximate surface area is 156 Å². The molecule has 0 spiro atoms. The van der Waals surface area contributed by atoms with Crippen LogP contribution in [-0.2, 0) is 10.0 Å². The molecule has 4 bridgehead atoms. The standard InChI is InChI=1S/C18H23BrN2O3S/c19-16-2-1-14(25(20,23)24)6-15(16)17(22)21-10-18-7-11-3-12(8-18)5-13(4-11)9-18/h1-2,6,11-13H,3-5,7-10H2,(H,21,22)(H2,20,23,24). The molecule has 1 aromatic carbocycles. The maximum atomic E-state index is 12.7. The van der Waals surface area contributed by atoms with E-state index in [4.69, 9.17) is 5.14 Å². The Morgan fingerprint density at radius 3 is 2.24 bits per heavy atom. The number of hydrogen-bond acceptors (Lipinski definition) is 3. The quantitative estimate of drug-likeness (QED) is 0.774. The van der Waals surface area contributed by atoms with Gasteiger partial charge in [0.05, 0.1) is 10.5 Å². The molecule has 25 heavy (non-hydrogen) atoms. The van der Waals surface area contributed by atoms with Gasteiger partial charge in [0.2, 0.25) is 10.0 Å². The number of carbonyl (C=O) groups is 1. The molecule has 0 saturated heterocycles. The highest BCUT2D eigenvalue weighted by molar-refractivity contribution is 9.10. The molecule has 5 nitrogen and oxygen atoms in total. The van der Waals surface area contributed by atoms with Gasteiger partial charge in [0.25, 0.3) is 5.91 Å². The van der Waals surface area contributed by atoms with Gasteiger partial charge in [-0.25, -0.2) is 13.6 Å². The van der Waals surface area contributed by atoms with Crippen LogP contribution in [0.1, 0.15) is 48.9 Å². The number of hydrogen-bond donors (Lipinski definition) is 2. The predicted molar refractivity (Wildman–Crippen MR) is 98.5 cm³/mol. The van der Waals surface area contributed by atoms with Gasteiger partial charge in [-0.3, -0.25) is 4.79 Å². The number of primary sulfonamides is 1. The van der Waals surface area contributed by atoms with Crippen molar-refractivity contribution in [1.29, 1.82) is 0 Å². The first-order valence-corrected chi connectivity index (χ1v) is 11.2. The lowest BCUT2D eigenvalue weighted by Gasteiger charge is -2.56. The van der Waals surface area contributed by atoms with Crippen LogP contribution in [0.5, 0.6) is 0 Å². The molecule has 1 amide bonds. The van der Waals surface area contributed by atoms with E-state index in [9.17, 15) is 13.2 Å². The van der Waals surface area contributed by atoms with Gasteiger partial charge in [-0.2, -0.15) is 0 Å². The van der Waals surface area contributed by atoms with Crippen molar-refractivity contribution < 1.29 is 13.2 Å². The number of nitrogens with one attached hydrogen (secondary N) is 1. The first-order valence-electron chi connectivity index (χ1n) is 8.85. The smallest absolute Gasteiger partial charge is 0.252 e. The van der Waals surface area contributed by atoms with Crippen LogP contribution in [-0.4, -0.2) is 20.9 Å². The van der Waals surface area contributed by atoms with E-state index >= 15 is 0 Å². The number of amides is 1. The van der Waals surface area contributed by atoms with E-state index in [0.29, 0.717) is 16.6 Å². The Kier molecular flexibility index (Phi) is 4.24. The van der Waals surface area contributed by atoms with Crippen LogP contribution < -0.4 is 10.5 Å². The number of benzene rings is 1. The normalized spacial score (nSPS) is 33.4. The molecule has 4 saturated carbocycles. The number of carbonyl (C=O) groups excluding carboxylic acids is 1. The van der Waals surface area contributed by atoms with Crippen LogP contribution in [0.25, 0.3) is 0 Å². The molecule has 5 rings (SSSR count). The van der Waals surface area contributed by atoms with Crippen molar-refractivity contribution in [1.82, 2.24) is 5.32 Å². The minimum absolute atomic E-state index is 0.0457. The Balaban J connectivity index is 1.50. The summed E-state index contributed by atoms with van der Waals surface area (Å²) < 4.78 is 23.6. The lowest BCUT2D eigenvalue weighted by atomic mass is 9.49. The van der Waals surface area contributed by atoms with Crippen LogP contribution in [0, 0.1) is 23.2 Å². The maximum Gasteiger partial charge on any atom is 0.252 e. The highest BCUT2D eigenvalue weighted by atomic mass is 79.9. The molecule has 4 fully saturated rings. The number of halogens is 1. The van der Waals surface area contributed by atoms with Crippen molar-refractivity contribution in [2.75, 3.05) is 6.54 Å². The zero-order valence-electron chi connectivity index (χ0n) is 14.0. The Morgan fingerprint density at radius 1 is 1.16 bits per heavy atom. The third-order valence-electron chi connectivity index (χ3n) is 6.30. The monoisotopic (exact) mass is 426 g/mol. The van der Waals surface area contributed by atoms with Crippen molar-refractivity contribution in [2.24, 2.45) is 28.3 Å². The zero-order chi connectivity index (χ0) is 17.8. The van der Waals surface area contributed by atoms with Gasteiger partial charge < -0.3 is 5.32 Å². The summed E-state index contributed by atoms with van der Waals surface area (Å²) in [6.07, 6.45) is 7.77. The van der Waals surface area contributed by atoms with Crippen LogP contribution in [0.15, 0.2) is 27.6 Å². The summed E-state index contributed by atoms with van der Waals surface area (Å²) in [6, 6.07) is 4.29. The summed E-state index contributed by atoms with van der Waals surface area (Å²) in [5.74, 6) is 2.26. The van der Waals surface area contributed by atoms with Gasteiger partial charge in [0.15, 0.2) is 0 Å². The maximum absolute atomic E-state index is 12.7. The third kappa shape index (κ3) is 3.38. The van der Waals surface area contributed by atoms with Crippen LogP contribution in [0.4, 0.5) is 0 Å². The van der Waals surface area contributed by atoms with E-state index in [1.807, 2.05) is 0 Å². The summed E-state index contributed by atoms with van der Waals surface area (Å²) >= 11 is 3.34. The van der Waals surface area contributed by atoms with Crippen molar-refractivity contribution in [2.45, 2.75) is 43.4 Å². The molecule has 0 aliphatic heterocycles. The van der Waals surface area contributed by atoms with E-state index in [1.54, 1.807) is 6.07 Å². The molecule has 4 aliphatic rings. The van der Waals surface area contributed by atoms with Crippen LogP contribution in [0.3, 0.4) is 0 Å². The molecular weight excluding hydrogens is 404 g/mol. The molecule has 7 heteroatoms. The summed E-state index contributed by atoms with van der Waals surface area (Å²) in [7, 11) is -3.83. The minimum Gasteiger partial charge on any atom is -0.351 e. The van der Waals surface area contributed by atoms with Gasteiger partial charge in [-0.1, -0.05) is 0 Å². The molecule has 0 radical (unpaired) electrons. The molecule has 136 valence electrons. The molecule has 0 heterocycles. The fraction of sp³-hybridized carbons (Fsp3) is 0.611. The van der Waals surface area contributed by atoms with Gasteiger partial charge in [0, 0.05) is 11.0 Å². The average molecular weight is 427 g/mol. The van der Waals surface area contributed by atoms with Crippen molar-refractivity contribution in [3.8, 4) is 0 Å². The number of nitrogens with two attached hydrogens (primary N) is 1. The lowest BCUT2D eigenvalue weighted by Crippen LogP contribution is -2.51. The second-order valence-corrected chi connectivity index (χ2v) is 10.7. The molecule has 0 aromatic heterocycles. The van der Waals surface area contributed by atoms with Gasteiger partial charge in [-0.05, 0) is 95.8 Å². The number of sulfonamides is 1. The summed E-state index contributed by atoms with van der Waals surface area (Å²) in [5, 5.41) is 8.25. The molecule has 3 N–H and O–H groups in total. The van der Waals surface area contributed by atoms with Crippen LogP contribution in [0.2, 0.25) is 0 Å². The summed E-state index contributed by atoms with van der Waals surface area (Å²) in [4.78, 5) is 12.6. The van der Waals surface area contributed by atoms with Gasteiger partial charge in [-0.15, -0.1) is 0 Å². The zero-order valence-corrected chi connectivity index (χ0v) is 16.4. The average Bonchev–Trinajstić information content (AvgIpc) is 2.51. The molecular formula is C18H23BrN2O3S. The first-order chi connectivity index (χ1) is 11.7. The summed E-state index contributed by atoms with van der Waals surface area (Å²) in [6.45, 7) is 0.682. The predicted octanol–water partition coefficient (Wildman–Crippen LogP) is 3.04. The minimum atomic E-state index is -3.83. The van der Waals surface area contributed by atoms with Gasteiger partial charge in [0.1, 0.15) is 0 Å². The van der Waals surface area contributed by atoms with E-state index < -0.39 is 10.0 Å².